The summed E-state index contributed by atoms with van der Waals surface area (Å²) in [7, 11) is 0. The Hall–Kier alpha value is -1.94. The van der Waals surface area contributed by atoms with Crippen LogP contribution in [0.25, 0.3) is 6.08 Å². The number of anilines is 1. The van der Waals surface area contributed by atoms with Gasteiger partial charge in [0.25, 0.3) is 0 Å². The van der Waals surface area contributed by atoms with E-state index in [1.807, 2.05) is 30.3 Å². The molecule has 3 rings (SSSR count). The van der Waals surface area contributed by atoms with Gasteiger partial charge < -0.3 is 10.1 Å². The fourth-order valence-corrected chi connectivity index (χ4v) is 3.19. The van der Waals surface area contributed by atoms with Gasteiger partial charge in [0.05, 0.1) is 12.3 Å². The number of carbonyl (C=O) groups is 1. The zero-order chi connectivity index (χ0) is 16.1. The fraction of sp³-hybridized carbons (Fsp3) is 0.389. The van der Waals surface area contributed by atoms with Gasteiger partial charge >= 0.3 is 6.09 Å². The van der Waals surface area contributed by atoms with Crippen molar-refractivity contribution in [2.45, 2.75) is 32.1 Å². The molecule has 4 nitrogen and oxygen atoms in total. The molecule has 0 bridgehead atoms. The molecule has 1 aliphatic heterocycles. The maximum atomic E-state index is 12.0. The van der Waals surface area contributed by atoms with Gasteiger partial charge in [-0.2, -0.15) is 0 Å². The van der Waals surface area contributed by atoms with Crippen LogP contribution < -0.4 is 10.6 Å². The lowest BCUT2D eigenvalue weighted by molar-refractivity contribution is 0.118. The van der Waals surface area contributed by atoms with Crippen LogP contribution in [0.15, 0.2) is 41.2 Å². The summed E-state index contributed by atoms with van der Waals surface area (Å²) in [5.41, 5.74) is 2.43. The SMILES string of the molecule is O=C(NC1=C(Cl)Nc2ccccc2C=C1)OCC1CCCCC1. The Kier molecular flexibility index (Phi) is 5.23. The first-order chi connectivity index (χ1) is 11.2. The maximum Gasteiger partial charge on any atom is 0.411 e. The van der Waals surface area contributed by atoms with Crippen LogP contribution in [-0.2, 0) is 4.74 Å². The highest BCUT2D eigenvalue weighted by Crippen LogP contribution is 2.26. The van der Waals surface area contributed by atoms with E-state index in [2.05, 4.69) is 10.6 Å². The van der Waals surface area contributed by atoms with Crippen molar-refractivity contribution in [3.05, 3.63) is 46.8 Å². The van der Waals surface area contributed by atoms with Crippen molar-refractivity contribution in [2.75, 3.05) is 11.9 Å². The lowest BCUT2D eigenvalue weighted by atomic mass is 9.90. The van der Waals surface area contributed by atoms with Gasteiger partial charge in [-0.1, -0.05) is 55.1 Å². The maximum absolute atomic E-state index is 12.0. The van der Waals surface area contributed by atoms with Crippen LogP contribution >= 0.6 is 11.6 Å². The van der Waals surface area contributed by atoms with Crippen LogP contribution in [0.4, 0.5) is 10.5 Å². The Labute approximate surface area is 141 Å². The predicted octanol–water partition coefficient (Wildman–Crippen LogP) is 4.84. The number of fused-ring (bicyclic) bond motifs is 1. The molecule has 0 unspecified atom stereocenters. The molecule has 0 aromatic heterocycles. The average molecular weight is 333 g/mol. The van der Waals surface area contributed by atoms with E-state index >= 15 is 0 Å². The van der Waals surface area contributed by atoms with Gasteiger partial charge in [0, 0.05) is 5.69 Å². The molecule has 1 amide bonds. The summed E-state index contributed by atoms with van der Waals surface area (Å²) < 4.78 is 5.35. The van der Waals surface area contributed by atoms with Gasteiger partial charge in [0.1, 0.15) is 5.16 Å². The zero-order valence-corrected chi connectivity index (χ0v) is 13.7. The summed E-state index contributed by atoms with van der Waals surface area (Å²) in [6, 6.07) is 7.80. The Morgan fingerprint density at radius 1 is 1.22 bits per heavy atom. The van der Waals surface area contributed by atoms with Crippen molar-refractivity contribution in [1.29, 1.82) is 0 Å². The van der Waals surface area contributed by atoms with Crippen molar-refractivity contribution < 1.29 is 9.53 Å². The minimum Gasteiger partial charge on any atom is -0.449 e. The highest BCUT2D eigenvalue weighted by Gasteiger charge is 2.17. The second-order valence-corrected chi connectivity index (χ2v) is 6.38. The number of allylic oxidation sites excluding steroid dienone is 1. The Morgan fingerprint density at radius 3 is 2.83 bits per heavy atom. The Morgan fingerprint density at radius 2 is 2.00 bits per heavy atom. The quantitative estimate of drug-likeness (QED) is 0.779. The first-order valence-electron chi connectivity index (χ1n) is 8.10. The molecular weight excluding hydrogens is 312 g/mol. The molecule has 122 valence electrons. The molecule has 1 saturated carbocycles. The molecule has 5 heteroatoms. The molecule has 1 aromatic carbocycles. The highest BCUT2D eigenvalue weighted by molar-refractivity contribution is 6.31. The van der Waals surface area contributed by atoms with Crippen molar-refractivity contribution in [1.82, 2.24) is 5.32 Å². The molecule has 1 aromatic rings. The van der Waals surface area contributed by atoms with Gasteiger partial charge in [-0.05, 0) is 36.5 Å². The monoisotopic (exact) mass is 332 g/mol. The molecule has 23 heavy (non-hydrogen) atoms. The minimum atomic E-state index is -0.457. The normalized spacial score (nSPS) is 18.0. The van der Waals surface area contributed by atoms with Gasteiger partial charge in [-0.15, -0.1) is 0 Å². The number of halogens is 1. The topological polar surface area (TPSA) is 50.4 Å². The predicted molar refractivity (Wildman–Crippen MR) is 93.0 cm³/mol. The number of hydrogen-bond donors (Lipinski definition) is 2. The van der Waals surface area contributed by atoms with Gasteiger partial charge in [0.15, 0.2) is 0 Å². The Balaban J connectivity index is 1.57. The van der Waals surface area contributed by atoms with Crippen LogP contribution in [0, 0.1) is 5.92 Å². The van der Waals surface area contributed by atoms with E-state index in [4.69, 9.17) is 16.3 Å². The number of benzene rings is 1. The number of carbonyl (C=O) groups excluding carboxylic acids is 1. The number of rotatable bonds is 3. The Bertz CT molecular complexity index is 634. The highest BCUT2D eigenvalue weighted by atomic mass is 35.5. The molecule has 2 N–H and O–H groups in total. The van der Waals surface area contributed by atoms with Crippen LogP contribution in [0.1, 0.15) is 37.7 Å². The second kappa shape index (κ2) is 7.55. The molecule has 0 atom stereocenters. The number of nitrogens with one attached hydrogen (secondary N) is 2. The molecule has 1 heterocycles. The molecule has 0 spiro atoms. The third-order valence-corrected chi connectivity index (χ3v) is 4.58. The lowest BCUT2D eigenvalue weighted by Gasteiger charge is -2.21. The summed E-state index contributed by atoms with van der Waals surface area (Å²) >= 11 is 6.25. The van der Waals surface area contributed by atoms with Crippen molar-refractivity contribution in [2.24, 2.45) is 5.92 Å². The fourth-order valence-electron chi connectivity index (χ4n) is 2.98. The second-order valence-electron chi connectivity index (χ2n) is 6.00. The van der Waals surface area contributed by atoms with Gasteiger partial charge in [-0.25, -0.2) is 4.79 Å². The molecule has 1 fully saturated rings. The summed E-state index contributed by atoms with van der Waals surface area (Å²) in [5, 5.41) is 6.19. The number of alkyl carbamates (subject to hydrolysis) is 1. The number of amides is 1. The summed E-state index contributed by atoms with van der Waals surface area (Å²) in [5.74, 6) is 0.492. The zero-order valence-electron chi connectivity index (χ0n) is 13.0. The molecular formula is C18H21ClN2O2. The largest absolute Gasteiger partial charge is 0.449 e. The lowest BCUT2D eigenvalue weighted by Crippen LogP contribution is -2.27. The van der Waals surface area contributed by atoms with Gasteiger partial charge in [0.2, 0.25) is 0 Å². The molecule has 1 aliphatic carbocycles. The van der Waals surface area contributed by atoms with Gasteiger partial charge in [-0.3, -0.25) is 5.32 Å². The van der Waals surface area contributed by atoms with E-state index in [9.17, 15) is 4.79 Å². The van der Waals surface area contributed by atoms with Crippen LogP contribution in [-0.4, -0.2) is 12.7 Å². The van der Waals surface area contributed by atoms with E-state index in [1.165, 1.54) is 19.3 Å². The first-order valence-corrected chi connectivity index (χ1v) is 8.48. The summed E-state index contributed by atoms with van der Waals surface area (Å²) in [4.78, 5) is 12.0. The van der Waals surface area contributed by atoms with Crippen LogP contribution in [0.3, 0.4) is 0 Å². The standard InChI is InChI=1S/C18H21ClN2O2/c19-17-16(11-10-14-8-4-5-9-15(14)20-17)21-18(22)23-12-13-6-2-1-3-7-13/h4-5,8-11,13,20H,1-3,6-7,12H2,(H,21,22). The van der Waals surface area contributed by atoms with E-state index in [0.29, 0.717) is 23.4 Å². The van der Waals surface area contributed by atoms with Crippen molar-refractivity contribution >= 4 is 29.5 Å². The number of para-hydroxylation sites is 1. The summed E-state index contributed by atoms with van der Waals surface area (Å²) in [6.45, 7) is 0.480. The van der Waals surface area contributed by atoms with E-state index in [-0.39, 0.29) is 0 Å². The van der Waals surface area contributed by atoms with E-state index in [0.717, 1.165) is 24.1 Å². The minimum absolute atomic E-state index is 0.376. The number of ether oxygens (including phenoxy) is 1. The van der Waals surface area contributed by atoms with Crippen molar-refractivity contribution in [3.63, 3.8) is 0 Å². The van der Waals surface area contributed by atoms with E-state index < -0.39 is 6.09 Å². The third kappa shape index (κ3) is 4.29. The molecule has 2 aliphatic rings. The average Bonchev–Trinajstić information content (AvgIpc) is 2.73. The van der Waals surface area contributed by atoms with Crippen molar-refractivity contribution in [3.8, 4) is 0 Å². The number of hydrogen-bond acceptors (Lipinski definition) is 3. The van der Waals surface area contributed by atoms with E-state index in [1.54, 1.807) is 6.08 Å². The summed E-state index contributed by atoms with van der Waals surface area (Å²) in [6.07, 6.45) is 9.29. The first kappa shape index (κ1) is 15.9. The molecule has 0 radical (unpaired) electrons. The third-order valence-electron chi connectivity index (χ3n) is 4.28. The molecule has 0 saturated heterocycles. The van der Waals surface area contributed by atoms with Crippen LogP contribution in [0.5, 0.6) is 0 Å². The van der Waals surface area contributed by atoms with Crippen LogP contribution in [0.2, 0.25) is 0 Å². The smallest absolute Gasteiger partial charge is 0.411 e.